The number of nitrogens with one attached hydrogen (secondary N) is 8. The minimum absolute atomic E-state index is 0.120. The molecule has 11 bridgehead atoms. The topological polar surface area (TPSA) is 561 Å². The van der Waals surface area contributed by atoms with Crippen LogP contribution in [0.2, 0.25) is 15.1 Å². The lowest BCUT2D eigenvalue weighted by Gasteiger charge is -2.48. The zero-order valence-corrected chi connectivity index (χ0v) is 70.6. The summed E-state index contributed by atoms with van der Waals surface area (Å²) in [5.74, 6) is -17.3. The van der Waals surface area contributed by atoms with Crippen LogP contribution in [-0.2, 0) is 68.6 Å². The summed E-state index contributed by atoms with van der Waals surface area (Å²) in [6.45, 7) is 8.69. The van der Waals surface area contributed by atoms with Crippen molar-refractivity contribution in [3.05, 3.63) is 176 Å². The number of phenols is 3. The minimum atomic E-state index is -2.40. The van der Waals surface area contributed by atoms with Crippen LogP contribution in [-0.4, -0.2) is 215 Å². The molecule has 7 amide bonds. The summed E-state index contributed by atoms with van der Waals surface area (Å²) in [6, 6.07) is 14.5. The van der Waals surface area contributed by atoms with Gasteiger partial charge in [-0.05, 0) is 146 Å². The average molecular weight is 1790 g/mol. The summed E-state index contributed by atoms with van der Waals surface area (Å²) in [5, 5.41) is 138. The number of likely N-dealkylation sites (N-methyl/N-ethyl adjacent to an activating group) is 1. The first-order chi connectivity index (χ1) is 59.2. The first kappa shape index (κ1) is 92.1. The maximum Gasteiger partial charge on any atom is 0.330 e. The smallest absolute Gasteiger partial charge is 0.330 e. The van der Waals surface area contributed by atoms with Crippen molar-refractivity contribution in [2.24, 2.45) is 23.3 Å². The lowest BCUT2D eigenvalue weighted by molar-refractivity contribution is -0.334. The van der Waals surface area contributed by atoms with Gasteiger partial charge in [-0.1, -0.05) is 110 Å². The van der Waals surface area contributed by atoms with Crippen molar-refractivity contribution in [3.63, 3.8) is 0 Å². The van der Waals surface area contributed by atoms with Crippen LogP contribution in [0.15, 0.2) is 127 Å². The fourth-order valence-electron chi connectivity index (χ4n) is 16.1. The van der Waals surface area contributed by atoms with Crippen molar-refractivity contribution in [2.75, 3.05) is 20.3 Å². The van der Waals surface area contributed by atoms with E-state index in [0.29, 0.717) is 5.02 Å². The van der Waals surface area contributed by atoms with E-state index in [2.05, 4.69) is 42.5 Å². The van der Waals surface area contributed by atoms with Crippen LogP contribution in [0.3, 0.4) is 0 Å². The Hall–Kier alpha value is -10.6. The van der Waals surface area contributed by atoms with Crippen molar-refractivity contribution in [1.29, 1.82) is 0 Å². The lowest BCUT2D eigenvalue weighted by atomic mass is 9.84. The number of rotatable bonds is 19. The quantitative estimate of drug-likeness (QED) is 0.0535. The number of carboxylic acid groups (broad SMARTS) is 1. The summed E-state index contributed by atoms with van der Waals surface area (Å²) in [5.41, 5.74) is 9.47. The van der Waals surface area contributed by atoms with Crippen LogP contribution in [0.5, 0.6) is 46.0 Å². The molecule has 0 saturated carbocycles. The molecule has 22 N–H and O–H groups in total. The van der Waals surface area contributed by atoms with Gasteiger partial charge in [0.1, 0.15) is 89.5 Å². The number of aliphatic hydroxyl groups excluding tert-OH is 6. The standard InChI is InChI=1S/C86H97Cl3N10O26/c1-35(2)22-51(92-7)76(110)98-66-68(105)42-15-20-55(49(88)24-42)120-57-26-44-27-58(72(57)125-84-73(70(107)69(106)59(33-100)122-84)123-61-31-86(6,75(109)37(4)119-61)93-32-38-8-10-39(11-9-38)40-12-17-45(87)18-13-40)121-56-21-16-43(25-50(56)89)71(124-83-36(3)74(108)85(5,91)34-118-83)67-81(115)97-65(82(116)117)48-28-46(101)29-54(103)62(48)47-23-41(14-19-53(47)102)63(78(112)99-67)96-79(113)64(44)95-77(111)52(30-60(90)104)94-80(66)114/h8-21,23-29,35-37,51-52,59,61,63-71,73-75,83-84,92-93,100-103,105-109H,22,30-34,91H2,1-7H3,(H2,90,104)(H,94,114)(H,95,111)(H,96,113)(H,97,115)(H,98,110)(H,99,112)(H,116,117)/t36?,37?,51?,52?,59?,61?,63?,64?,65?,66?,67?,68?,69?,70?,71?,73?,74?,75?,83?,84?,85-,86-/m0/s1. The number of primary amides is 1. The van der Waals surface area contributed by atoms with Crippen LogP contribution in [0, 0.1) is 11.8 Å². The molecule has 22 atom stereocenters. The van der Waals surface area contributed by atoms with E-state index in [0.717, 1.165) is 65.2 Å². The van der Waals surface area contributed by atoms with Gasteiger partial charge in [0.25, 0.3) is 0 Å². The van der Waals surface area contributed by atoms with Crippen LogP contribution >= 0.6 is 34.8 Å². The Bertz CT molecular complexity index is 5250. The molecule has 8 aliphatic heterocycles. The number of phenolic OH excluding ortho intramolecular Hbond substituents is 3. The van der Waals surface area contributed by atoms with Gasteiger partial charge < -0.3 is 143 Å². The molecule has 8 heterocycles. The molecule has 8 aliphatic rings. The van der Waals surface area contributed by atoms with Crippen LogP contribution < -0.4 is 68.2 Å². The predicted molar refractivity (Wildman–Crippen MR) is 445 cm³/mol. The van der Waals surface area contributed by atoms with Crippen LogP contribution in [0.4, 0.5) is 0 Å². The first-order valence-corrected chi connectivity index (χ1v) is 41.2. The van der Waals surface area contributed by atoms with Gasteiger partial charge in [-0.15, -0.1) is 0 Å². The van der Waals surface area contributed by atoms with E-state index in [1.807, 2.05) is 50.2 Å². The van der Waals surface area contributed by atoms with E-state index < -0.39 is 268 Å². The molecule has 668 valence electrons. The van der Waals surface area contributed by atoms with Crippen molar-refractivity contribution < 1.29 is 127 Å². The van der Waals surface area contributed by atoms with E-state index in [1.165, 1.54) is 51.2 Å². The Morgan fingerprint density at radius 3 is 1.90 bits per heavy atom. The van der Waals surface area contributed by atoms with Crippen molar-refractivity contribution >= 4 is 82.1 Å². The molecule has 20 unspecified atom stereocenters. The Kier molecular flexibility index (Phi) is 27.9. The number of aliphatic hydroxyl groups is 6. The number of hydrogen-bond donors (Lipinski definition) is 20. The number of aromatic hydroxyl groups is 3. The summed E-state index contributed by atoms with van der Waals surface area (Å²) in [4.78, 5) is 121. The second kappa shape index (κ2) is 37.9. The second-order valence-electron chi connectivity index (χ2n) is 32.8. The number of fused-ring (bicyclic) bond motifs is 15. The molecule has 0 aromatic heterocycles. The van der Waals surface area contributed by atoms with E-state index in [9.17, 15) is 65.4 Å². The number of carbonyl (C=O) groups is 8. The molecule has 0 spiro atoms. The maximum atomic E-state index is 16.6. The SMILES string of the molecule is CNC(CC(C)C)C(=O)NC1C(=O)NC(CC(N)=O)C(=O)NC2C(=O)NC3C(=O)NC(C(=O)NC(C(=O)O)c4cc(O)cc(O)c4-c4cc3ccc4O)C(OC3OC[C@](C)(N)C(O)C3C)c3ccc(c(Cl)c3)Oc3cc2cc(c3OC2OC(CO)C(O)C(O)C2OC2C[C@](C)(NCc3ccc(-c4ccc(Cl)cc4)cc3)C(O)C(C)O2)Oc2ccc(cc2Cl)C1O. The molecular weight excluding hydrogens is 1700 g/mol. The van der Waals surface area contributed by atoms with Crippen LogP contribution in [0.25, 0.3) is 22.3 Å². The Morgan fingerprint density at radius 1 is 0.656 bits per heavy atom. The molecule has 0 aliphatic carbocycles. The van der Waals surface area contributed by atoms with Gasteiger partial charge in [0.2, 0.25) is 53.4 Å². The Morgan fingerprint density at radius 2 is 1.27 bits per heavy atom. The first-order valence-electron chi connectivity index (χ1n) is 40.0. The number of benzene rings is 7. The zero-order chi connectivity index (χ0) is 90.3. The number of amides is 7. The molecule has 39 heteroatoms. The number of carboxylic acids is 1. The number of nitrogens with two attached hydrogens (primary N) is 2. The zero-order valence-electron chi connectivity index (χ0n) is 68.3. The number of hydrogen-bond acceptors (Lipinski definition) is 28. The molecular formula is C86H97Cl3N10O26. The number of halogens is 3. The Balaban J connectivity index is 1.02. The van der Waals surface area contributed by atoms with Crippen molar-refractivity contribution in [3.8, 4) is 68.2 Å². The normalized spacial score (nSPS) is 29.7. The van der Waals surface area contributed by atoms with Gasteiger partial charge >= 0.3 is 5.97 Å². The highest BCUT2D eigenvalue weighted by Crippen LogP contribution is 2.51. The highest BCUT2D eigenvalue weighted by molar-refractivity contribution is 6.32. The van der Waals surface area contributed by atoms with Crippen molar-refractivity contribution in [1.82, 2.24) is 42.5 Å². The molecule has 0 radical (unpaired) electrons. The third kappa shape index (κ3) is 20.0. The van der Waals surface area contributed by atoms with Gasteiger partial charge in [-0.2, -0.15) is 0 Å². The number of carbonyl (C=O) groups excluding carboxylic acids is 7. The fourth-order valence-corrected chi connectivity index (χ4v) is 16.7. The second-order valence-corrected chi connectivity index (χ2v) is 34.0. The van der Waals surface area contributed by atoms with Gasteiger partial charge in [0.05, 0.1) is 59.6 Å². The number of aliphatic carboxylic acids is 1. The predicted octanol–water partition coefficient (Wildman–Crippen LogP) is 4.35. The largest absolute Gasteiger partial charge is 0.508 e. The minimum Gasteiger partial charge on any atom is -0.508 e. The molecule has 3 fully saturated rings. The monoisotopic (exact) mass is 1790 g/mol. The average Bonchev–Trinajstić information content (AvgIpc) is 0.764. The van der Waals surface area contributed by atoms with E-state index >= 15 is 24.0 Å². The third-order valence-corrected chi connectivity index (χ3v) is 23.8. The fraction of sp³-hybridized carbons (Fsp3) is 0.419. The Labute approximate surface area is 730 Å². The van der Waals surface area contributed by atoms with E-state index in [4.69, 9.17) is 84.2 Å². The highest BCUT2D eigenvalue weighted by Gasteiger charge is 2.53. The van der Waals surface area contributed by atoms with Crippen LogP contribution in [0.1, 0.15) is 125 Å². The van der Waals surface area contributed by atoms with Gasteiger partial charge in [0.15, 0.2) is 36.2 Å². The summed E-state index contributed by atoms with van der Waals surface area (Å²) in [6.07, 6.45) is -21.6. The summed E-state index contributed by atoms with van der Waals surface area (Å²) in [7, 11) is 1.48. The maximum absolute atomic E-state index is 16.6. The van der Waals surface area contributed by atoms with Crippen molar-refractivity contribution in [2.45, 2.75) is 195 Å². The van der Waals surface area contributed by atoms with E-state index in [1.54, 1.807) is 26.0 Å². The highest BCUT2D eigenvalue weighted by atomic mass is 35.5. The molecule has 15 rings (SSSR count). The van der Waals surface area contributed by atoms with Gasteiger partial charge in [0, 0.05) is 52.2 Å². The molecule has 7 aromatic rings. The number of ether oxygens (including phenoxy) is 8. The molecule has 36 nitrogen and oxygen atoms in total. The lowest BCUT2D eigenvalue weighted by Crippen LogP contribution is -2.65. The van der Waals surface area contributed by atoms with Gasteiger partial charge in [-0.3, -0.25) is 33.6 Å². The summed E-state index contributed by atoms with van der Waals surface area (Å²) >= 11 is 20.8. The molecule has 7 aromatic carbocycles. The molecule has 3 saturated heterocycles. The van der Waals surface area contributed by atoms with E-state index in [-0.39, 0.29) is 52.8 Å². The van der Waals surface area contributed by atoms with Gasteiger partial charge in [-0.25, -0.2) is 4.79 Å². The molecule has 125 heavy (non-hydrogen) atoms. The summed E-state index contributed by atoms with van der Waals surface area (Å²) < 4.78 is 52.9. The third-order valence-electron chi connectivity index (χ3n) is 23.0.